The van der Waals surface area contributed by atoms with E-state index in [1.807, 2.05) is 12.1 Å². The Kier molecular flexibility index (Phi) is 5.15. The van der Waals surface area contributed by atoms with Gasteiger partial charge in [-0.15, -0.1) is 11.3 Å². The van der Waals surface area contributed by atoms with Crippen LogP contribution in [0.15, 0.2) is 35.7 Å². The second-order valence-electron chi connectivity index (χ2n) is 5.08. The summed E-state index contributed by atoms with van der Waals surface area (Å²) in [6.07, 6.45) is 0.565. The number of benzene rings is 1. The highest BCUT2D eigenvalue weighted by Gasteiger charge is 2.17. The van der Waals surface area contributed by atoms with Crippen LogP contribution in [0.4, 0.5) is 10.1 Å². The van der Waals surface area contributed by atoms with Crippen LogP contribution in [-0.4, -0.2) is 12.6 Å². The number of halogens is 1. The van der Waals surface area contributed by atoms with Crippen molar-refractivity contribution in [1.82, 2.24) is 0 Å². The average molecular weight is 292 g/mol. The molecule has 0 saturated heterocycles. The van der Waals surface area contributed by atoms with Gasteiger partial charge in [0.2, 0.25) is 0 Å². The molecule has 0 aliphatic carbocycles. The fraction of sp³-hybridized carbons (Fsp3) is 0.375. The fourth-order valence-electron chi connectivity index (χ4n) is 2.32. The number of nitrogens with two attached hydrogens (primary N) is 1. The van der Waals surface area contributed by atoms with Gasteiger partial charge in [0, 0.05) is 22.2 Å². The summed E-state index contributed by atoms with van der Waals surface area (Å²) in [5.41, 5.74) is 7.31. The third-order valence-corrected chi connectivity index (χ3v) is 4.19. The van der Waals surface area contributed by atoms with E-state index < -0.39 is 0 Å². The van der Waals surface area contributed by atoms with Gasteiger partial charge in [-0.25, -0.2) is 4.39 Å². The maximum absolute atomic E-state index is 14.1. The van der Waals surface area contributed by atoms with Crippen molar-refractivity contribution in [2.75, 3.05) is 11.4 Å². The molecule has 1 aromatic heterocycles. The Balaban J connectivity index is 2.36. The molecule has 0 saturated carbocycles. The molecule has 0 bridgehead atoms. The van der Waals surface area contributed by atoms with Gasteiger partial charge in [0.1, 0.15) is 5.82 Å². The molecule has 1 aromatic carbocycles. The second-order valence-corrected chi connectivity index (χ2v) is 6.11. The van der Waals surface area contributed by atoms with E-state index in [0.29, 0.717) is 19.0 Å². The van der Waals surface area contributed by atoms with Gasteiger partial charge in [0.15, 0.2) is 0 Å². The normalized spacial score (nSPS) is 11.1. The highest BCUT2D eigenvalue weighted by atomic mass is 32.1. The van der Waals surface area contributed by atoms with Gasteiger partial charge in [-0.3, -0.25) is 0 Å². The summed E-state index contributed by atoms with van der Waals surface area (Å²) < 4.78 is 14.1. The summed E-state index contributed by atoms with van der Waals surface area (Å²) in [6.45, 7) is 5.52. The molecule has 108 valence electrons. The number of rotatable bonds is 6. The molecule has 0 atom stereocenters. The first-order chi connectivity index (χ1) is 9.63. The molecule has 0 unspecified atom stereocenters. The van der Waals surface area contributed by atoms with Crippen LogP contribution in [0.3, 0.4) is 0 Å². The molecule has 4 heteroatoms. The van der Waals surface area contributed by atoms with Crippen molar-refractivity contribution < 1.29 is 4.39 Å². The Hall–Kier alpha value is -1.39. The van der Waals surface area contributed by atoms with Gasteiger partial charge >= 0.3 is 0 Å². The zero-order chi connectivity index (χ0) is 14.5. The van der Waals surface area contributed by atoms with Crippen molar-refractivity contribution in [1.29, 1.82) is 0 Å². The molecule has 0 spiro atoms. The summed E-state index contributed by atoms with van der Waals surface area (Å²) in [5, 5.41) is 2.07. The van der Waals surface area contributed by atoms with Crippen LogP contribution in [0.1, 0.15) is 24.3 Å². The third kappa shape index (κ3) is 3.38. The van der Waals surface area contributed by atoms with Crippen LogP contribution < -0.4 is 10.6 Å². The molecule has 0 radical (unpaired) electrons. The molecule has 2 nitrogen and oxygen atoms in total. The molecule has 0 fully saturated rings. The standard InChI is InChI=1S/C16H21FN2S/c1-12(2)19(11-13-5-4-10-20-13)16-7-3-6-15(17)14(16)8-9-18/h3-7,10,12H,8-9,11,18H2,1-2H3. The van der Waals surface area contributed by atoms with Crippen molar-refractivity contribution in [3.8, 4) is 0 Å². The number of hydrogen-bond donors (Lipinski definition) is 1. The predicted octanol–water partition coefficient (Wildman–Crippen LogP) is 3.80. The van der Waals surface area contributed by atoms with Crippen LogP contribution in [0.25, 0.3) is 0 Å². The molecule has 0 aliphatic rings. The van der Waals surface area contributed by atoms with Gasteiger partial charge in [0.25, 0.3) is 0 Å². The monoisotopic (exact) mass is 292 g/mol. The summed E-state index contributed by atoms with van der Waals surface area (Å²) in [7, 11) is 0. The molecular formula is C16H21FN2S. The minimum absolute atomic E-state index is 0.162. The van der Waals surface area contributed by atoms with Gasteiger partial charge in [-0.2, -0.15) is 0 Å². The molecular weight excluding hydrogens is 271 g/mol. The lowest BCUT2D eigenvalue weighted by Crippen LogP contribution is -2.31. The topological polar surface area (TPSA) is 29.3 Å². The van der Waals surface area contributed by atoms with Crippen LogP contribution in [0.2, 0.25) is 0 Å². The summed E-state index contributed by atoms with van der Waals surface area (Å²) in [6, 6.07) is 9.73. The highest BCUT2D eigenvalue weighted by molar-refractivity contribution is 7.09. The van der Waals surface area contributed by atoms with E-state index in [9.17, 15) is 4.39 Å². The van der Waals surface area contributed by atoms with Crippen LogP contribution >= 0.6 is 11.3 Å². The Labute approximate surface area is 124 Å². The van der Waals surface area contributed by atoms with E-state index in [0.717, 1.165) is 17.8 Å². The number of anilines is 1. The van der Waals surface area contributed by atoms with E-state index in [4.69, 9.17) is 5.73 Å². The SMILES string of the molecule is CC(C)N(Cc1cccs1)c1cccc(F)c1CCN. The Morgan fingerprint density at radius 1 is 1.25 bits per heavy atom. The molecule has 0 amide bonds. The average Bonchev–Trinajstić information content (AvgIpc) is 2.91. The molecule has 1 heterocycles. The van der Waals surface area contributed by atoms with Gasteiger partial charge in [0.05, 0.1) is 6.54 Å². The fourth-order valence-corrected chi connectivity index (χ4v) is 3.03. The molecule has 2 N–H and O–H groups in total. The van der Waals surface area contributed by atoms with Crippen molar-refractivity contribution in [2.45, 2.75) is 32.9 Å². The summed E-state index contributed by atoms with van der Waals surface area (Å²) >= 11 is 1.73. The molecule has 20 heavy (non-hydrogen) atoms. The van der Waals surface area contributed by atoms with Crippen molar-refractivity contribution in [2.24, 2.45) is 5.73 Å². The quantitative estimate of drug-likeness (QED) is 0.877. The lowest BCUT2D eigenvalue weighted by Gasteiger charge is -2.30. The van der Waals surface area contributed by atoms with Gasteiger partial charge < -0.3 is 10.6 Å². The first kappa shape index (κ1) is 15.0. The zero-order valence-electron chi connectivity index (χ0n) is 12.0. The van der Waals surface area contributed by atoms with E-state index in [2.05, 4.69) is 30.2 Å². The van der Waals surface area contributed by atoms with Crippen molar-refractivity contribution in [3.63, 3.8) is 0 Å². The number of nitrogens with zero attached hydrogens (tertiary/aromatic N) is 1. The van der Waals surface area contributed by atoms with E-state index in [-0.39, 0.29) is 5.82 Å². The predicted molar refractivity (Wildman–Crippen MR) is 84.8 cm³/mol. The van der Waals surface area contributed by atoms with Crippen LogP contribution in [-0.2, 0) is 13.0 Å². The van der Waals surface area contributed by atoms with E-state index >= 15 is 0 Å². The highest BCUT2D eigenvalue weighted by Crippen LogP contribution is 2.28. The maximum atomic E-state index is 14.1. The number of thiophene rings is 1. The minimum Gasteiger partial charge on any atom is -0.364 e. The minimum atomic E-state index is -0.162. The van der Waals surface area contributed by atoms with Crippen LogP contribution in [0, 0.1) is 5.82 Å². The Morgan fingerprint density at radius 2 is 2.05 bits per heavy atom. The first-order valence-electron chi connectivity index (χ1n) is 6.90. The second kappa shape index (κ2) is 6.86. The number of hydrogen-bond acceptors (Lipinski definition) is 3. The third-order valence-electron chi connectivity index (χ3n) is 3.33. The molecule has 0 aliphatic heterocycles. The Bertz CT molecular complexity index is 537. The van der Waals surface area contributed by atoms with Gasteiger partial charge in [-0.05, 0) is 50.4 Å². The Morgan fingerprint density at radius 3 is 2.65 bits per heavy atom. The smallest absolute Gasteiger partial charge is 0.128 e. The lowest BCUT2D eigenvalue weighted by molar-refractivity contribution is 0.603. The maximum Gasteiger partial charge on any atom is 0.128 e. The van der Waals surface area contributed by atoms with Gasteiger partial charge in [-0.1, -0.05) is 12.1 Å². The van der Waals surface area contributed by atoms with Crippen molar-refractivity contribution in [3.05, 3.63) is 52.0 Å². The van der Waals surface area contributed by atoms with Crippen molar-refractivity contribution >= 4 is 17.0 Å². The van der Waals surface area contributed by atoms with E-state index in [1.54, 1.807) is 17.4 Å². The first-order valence-corrected chi connectivity index (χ1v) is 7.78. The summed E-state index contributed by atoms with van der Waals surface area (Å²) in [5.74, 6) is -0.162. The molecule has 2 rings (SSSR count). The lowest BCUT2D eigenvalue weighted by atomic mass is 10.1. The van der Waals surface area contributed by atoms with E-state index in [1.165, 1.54) is 10.9 Å². The zero-order valence-corrected chi connectivity index (χ0v) is 12.8. The summed E-state index contributed by atoms with van der Waals surface area (Å²) in [4.78, 5) is 3.52. The molecule has 2 aromatic rings. The van der Waals surface area contributed by atoms with Crippen LogP contribution in [0.5, 0.6) is 0 Å². The largest absolute Gasteiger partial charge is 0.364 e.